The van der Waals surface area contributed by atoms with Gasteiger partial charge in [-0.2, -0.15) is 0 Å². The number of carbonyl (C=O) groups excluding carboxylic acids is 2. The van der Waals surface area contributed by atoms with E-state index >= 15 is 0 Å². The number of esters is 2. The van der Waals surface area contributed by atoms with Crippen LogP contribution in [0.25, 0.3) is 0 Å². The van der Waals surface area contributed by atoms with Crippen LogP contribution in [-0.4, -0.2) is 49.6 Å². The van der Waals surface area contributed by atoms with Crippen molar-refractivity contribution in [1.29, 1.82) is 0 Å². The van der Waals surface area contributed by atoms with Gasteiger partial charge in [0.1, 0.15) is 0 Å². The Morgan fingerprint density at radius 1 is 0.731 bits per heavy atom. The largest absolute Gasteiger partial charge is 0.465 e. The first-order valence-electron chi connectivity index (χ1n) is 10.1. The first-order chi connectivity index (χ1) is 12.5. The van der Waals surface area contributed by atoms with E-state index in [1.54, 1.807) is 0 Å². The van der Waals surface area contributed by atoms with Gasteiger partial charge in [-0.1, -0.05) is 13.8 Å². The quantitative estimate of drug-likeness (QED) is 0.509. The molecule has 2 saturated heterocycles. The van der Waals surface area contributed by atoms with Crippen LogP contribution in [0, 0.1) is 23.7 Å². The molecule has 0 aromatic rings. The number of fused-ring (bicyclic) bond motifs is 2. The summed E-state index contributed by atoms with van der Waals surface area (Å²) in [6, 6.07) is 0. The van der Waals surface area contributed by atoms with Crippen LogP contribution in [0.1, 0.15) is 52.4 Å². The fourth-order valence-electron chi connectivity index (χ4n) is 4.58. The molecule has 6 heteroatoms. The Balaban J connectivity index is 1.09. The Morgan fingerprint density at radius 2 is 1.12 bits per heavy atom. The van der Waals surface area contributed by atoms with E-state index in [1.807, 2.05) is 0 Å². The number of rotatable bonds is 7. The highest BCUT2D eigenvalue weighted by atomic mass is 16.6. The van der Waals surface area contributed by atoms with E-state index in [0.717, 1.165) is 25.7 Å². The normalized spacial score (nSPS) is 43.0. The third-order valence-electron chi connectivity index (χ3n) is 6.71. The minimum absolute atomic E-state index is 0.0938. The molecular formula is C20H30O6. The summed E-state index contributed by atoms with van der Waals surface area (Å²) in [5, 5.41) is 0. The van der Waals surface area contributed by atoms with Crippen LogP contribution in [0.5, 0.6) is 0 Å². The third kappa shape index (κ3) is 4.39. The molecule has 146 valence electrons. The lowest BCUT2D eigenvalue weighted by Crippen LogP contribution is -2.28. The Bertz CT molecular complexity index is 500. The van der Waals surface area contributed by atoms with Gasteiger partial charge in [0.15, 0.2) is 0 Å². The van der Waals surface area contributed by atoms with E-state index in [1.165, 1.54) is 0 Å². The Kier molecular flexibility index (Phi) is 5.24. The van der Waals surface area contributed by atoms with Crippen molar-refractivity contribution in [2.75, 3.05) is 13.2 Å². The zero-order valence-corrected chi connectivity index (χ0v) is 15.7. The molecule has 0 bridgehead atoms. The summed E-state index contributed by atoms with van der Waals surface area (Å²) in [5.41, 5.74) is 0. The smallest absolute Gasteiger partial charge is 0.306 e. The number of hydrogen-bond donors (Lipinski definition) is 0. The SMILES string of the molecule is CC1CC2OC2CC1COC(=O)CCC(=O)OCC1CC2OC2CC1C. The van der Waals surface area contributed by atoms with Gasteiger partial charge < -0.3 is 18.9 Å². The average molecular weight is 366 g/mol. The Labute approximate surface area is 154 Å². The maximum atomic E-state index is 11.9. The third-order valence-corrected chi connectivity index (χ3v) is 6.71. The summed E-state index contributed by atoms with van der Waals surface area (Å²) >= 11 is 0. The van der Waals surface area contributed by atoms with Crippen molar-refractivity contribution >= 4 is 11.9 Å². The molecule has 0 aromatic heterocycles. The van der Waals surface area contributed by atoms with Gasteiger partial charge in [-0.3, -0.25) is 9.59 Å². The van der Waals surface area contributed by atoms with Gasteiger partial charge in [-0.05, 0) is 49.4 Å². The van der Waals surface area contributed by atoms with Gasteiger partial charge in [0.2, 0.25) is 0 Å². The number of ether oxygens (including phenoxy) is 4. The zero-order chi connectivity index (χ0) is 18.3. The lowest BCUT2D eigenvalue weighted by atomic mass is 9.81. The van der Waals surface area contributed by atoms with E-state index in [-0.39, 0.29) is 24.8 Å². The maximum Gasteiger partial charge on any atom is 0.306 e. The standard InChI is InChI=1S/C20H30O6/c1-11-5-15-17(25-15)7-13(11)9-23-19(21)3-4-20(22)24-10-14-8-18-16(26-18)6-12(14)2/h11-18H,3-10H2,1-2H3. The molecule has 0 aromatic carbocycles. The van der Waals surface area contributed by atoms with Gasteiger partial charge in [-0.15, -0.1) is 0 Å². The van der Waals surface area contributed by atoms with Gasteiger partial charge in [-0.25, -0.2) is 0 Å². The minimum atomic E-state index is -0.312. The van der Waals surface area contributed by atoms with Crippen molar-refractivity contribution in [3.05, 3.63) is 0 Å². The summed E-state index contributed by atoms with van der Waals surface area (Å²) in [4.78, 5) is 23.8. The summed E-state index contributed by atoms with van der Waals surface area (Å²) in [6.07, 6.45) is 5.90. The highest BCUT2D eigenvalue weighted by Crippen LogP contribution is 2.43. The molecule has 6 nitrogen and oxygen atoms in total. The molecule has 4 fully saturated rings. The molecule has 0 spiro atoms. The van der Waals surface area contributed by atoms with Crippen LogP contribution in [0.15, 0.2) is 0 Å². The van der Waals surface area contributed by atoms with Gasteiger partial charge in [0, 0.05) is 0 Å². The second kappa shape index (κ2) is 7.47. The lowest BCUT2D eigenvalue weighted by Gasteiger charge is -2.26. The Hall–Kier alpha value is -1.14. The monoisotopic (exact) mass is 366 g/mol. The number of hydrogen-bond acceptors (Lipinski definition) is 6. The van der Waals surface area contributed by atoms with Gasteiger partial charge in [0.25, 0.3) is 0 Å². The average Bonchev–Trinajstić information content (AvgIpc) is 3.51. The van der Waals surface area contributed by atoms with Crippen LogP contribution in [0.2, 0.25) is 0 Å². The summed E-state index contributed by atoms with van der Waals surface area (Å²) in [7, 11) is 0. The molecule has 2 aliphatic carbocycles. The van der Waals surface area contributed by atoms with E-state index in [2.05, 4.69) is 13.8 Å². The molecule has 0 radical (unpaired) electrons. The number of epoxide rings is 2. The first kappa shape index (κ1) is 18.2. The first-order valence-corrected chi connectivity index (χ1v) is 10.1. The van der Waals surface area contributed by atoms with Crippen LogP contribution < -0.4 is 0 Å². The highest BCUT2D eigenvalue weighted by Gasteiger charge is 2.48. The fourth-order valence-corrected chi connectivity index (χ4v) is 4.58. The van der Waals surface area contributed by atoms with Crippen molar-refractivity contribution < 1.29 is 28.5 Å². The molecule has 2 heterocycles. The van der Waals surface area contributed by atoms with Crippen LogP contribution in [0.3, 0.4) is 0 Å². The topological polar surface area (TPSA) is 77.7 Å². The van der Waals surface area contributed by atoms with Gasteiger partial charge in [0.05, 0.1) is 50.5 Å². The van der Waals surface area contributed by atoms with E-state index < -0.39 is 0 Å². The van der Waals surface area contributed by atoms with Crippen molar-refractivity contribution in [3.8, 4) is 0 Å². The van der Waals surface area contributed by atoms with Crippen LogP contribution in [-0.2, 0) is 28.5 Å². The summed E-state index contributed by atoms with van der Waals surface area (Å²) in [6.45, 7) is 5.25. The van der Waals surface area contributed by atoms with Crippen molar-refractivity contribution in [2.24, 2.45) is 23.7 Å². The van der Waals surface area contributed by atoms with E-state index in [4.69, 9.17) is 18.9 Å². The minimum Gasteiger partial charge on any atom is -0.465 e. The molecule has 0 amide bonds. The molecule has 2 saturated carbocycles. The van der Waals surface area contributed by atoms with Crippen molar-refractivity contribution in [1.82, 2.24) is 0 Å². The summed E-state index contributed by atoms with van der Waals surface area (Å²) < 4.78 is 21.9. The highest BCUT2D eigenvalue weighted by molar-refractivity contribution is 5.77. The second-order valence-electron chi connectivity index (χ2n) is 8.71. The second-order valence-corrected chi connectivity index (χ2v) is 8.71. The predicted octanol–water partition coefficient (Wildman–Crippen LogP) is 2.48. The predicted molar refractivity (Wildman–Crippen MR) is 92.3 cm³/mol. The molecule has 4 rings (SSSR count). The maximum absolute atomic E-state index is 11.9. The molecule has 4 aliphatic rings. The molecular weight excluding hydrogens is 336 g/mol. The summed E-state index contributed by atoms with van der Waals surface area (Å²) in [5.74, 6) is 1.15. The molecule has 8 atom stereocenters. The number of carbonyl (C=O) groups is 2. The van der Waals surface area contributed by atoms with Crippen LogP contribution >= 0.6 is 0 Å². The van der Waals surface area contributed by atoms with Crippen LogP contribution in [0.4, 0.5) is 0 Å². The Morgan fingerprint density at radius 3 is 1.54 bits per heavy atom. The molecule has 26 heavy (non-hydrogen) atoms. The molecule has 8 unspecified atom stereocenters. The van der Waals surface area contributed by atoms with E-state index in [0.29, 0.717) is 61.3 Å². The molecule has 0 N–H and O–H groups in total. The van der Waals surface area contributed by atoms with Crippen molar-refractivity contribution in [3.63, 3.8) is 0 Å². The van der Waals surface area contributed by atoms with E-state index in [9.17, 15) is 9.59 Å². The fraction of sp³-hybridized carbons (Fsp3) is 0.900. The van der Waals surface area contributed by atoms with Gasteiger partial charge >= 0.3 is 11.9 Å². The zero-order valence-electron chi connectivity index (χ0n) is 15.7. The molecule has 2 aliphatic heterocycles. The lowest BCUT2D eigenvalue weighted by molar-refractivity contribution is -0.152. The van der Waals surface area contributed by atoms with Crippen molar-refractivity contribution in [2.45, 2.75) is 76.8 Å².